The van der Waals surface area contributed by atoms with Gasteiger partial charge in [0.15, 0.2) is 6.54 Å². The monoisotopic (exact) mass is 1030 g/mol. The first-order valence-corrected chi connectivity index (χ1v) is 27.1. The lowest BCUT2D eigenvalue weighted by Gasteiger charge is -2.30. The molecule has 4 N–H and O–H groups in total. The molecule has 3 aliphatic rings. The topological polar surface area (TPSA) is 288 Å². The summed E-state index contributed by atoms with van der Waals surface area (Å²) in [5.74, 6) is 2.05. The zero-order valence-corrected chi connectivity index (χ0v) is 42.5. The summed E-state index contributed by atoms with van der Waals surface area (Å²) in [5.41, 5.74) is 1.97. The number of hydrogen-bond acceptors (Lipinski definition) is 17. The Kier molecular flexibility index (Phi) is 22.0. The smallest absolute Gasteiger partial charge is 0.313 e. The van der Waals surface area contributed by atoms with Crippen molar-refractivity contribution in [2.75, 3.05) is 103 Å². The molecule has 0 bridgehead atoms. The van der Waals surface area contributed by atoms with Crippen LogP contribution in [0.1, 0.15) is 76.7 Å². The number of ether oxygens (including phenoxy) is 5. The van der Waals surface area contributed by atoms with E-state index < -0.39 is 52.4 Å². The Bertz CT molecular complexity index is 2610. The van der Waals surface area contributed by atoms with Gasteiger partial charge in [0.05, 0.1) is 79.7 Å². The van der Waals surface area contributed by atoms with Gasteiger partial charge in [-0.2, -0.15) is 14.3 Å². The number of allylic oxidation sites excluding steroid dienone is 3. The van der Waals surface area contributed by atoms with Gasteiger partial charge in [0.25, 0.3) is 0 Å². The number of carboxylic acids is 1. The second kappa shape index (κ2) is 26.4. The number of hydrogen-bond donors (Lipinski definition) is 2. The molecule has 1 atom stereocenters. The molecule has 0 spiro atoms. The highest BCUT2D eigenvalue weighted by molar-refractivity contribution is 7.86. The minimum atomic E-state index is -4.88. The first-order valence-electron chi connectivity index (χ1n) is 22.5. The fourth-order valence-electron chi connectivity index (χ4n) is 7.95. The van der Waals surface area contributed by atoms with E-state index in [1.807, 2.05) is 40.7 Å². The second-order valence-electron chi connectivity index (χ2n) is 17.5. The molecule has 4 rings (SSSR count). The van der Waals surface area contributed by atoms with Gasteiger partial charge in [-0.05, 0) is 85.2 Å². The maximum atomic E-state index is 12.2. The third-order valence-electron chi connectivity index (χ3n) is 11.4. The highest BCUT2D eigenvalue weighted by atomic mass is 32.2. The molecule has 1 aromatic carbocycles. The van der Waals surface area contributed by atoms with Crippen LogP contribution in [-0.2, 0) is 73.9 Å². The summed E-state index contributed by atoms with van der Waals surface area (Å²) in [6, 6.07) is 11.6. The van der Waals surface area contributed by atoms with Gasteiger partial charge >= 0.3 is 16.1 Å². The van der Waals surface area contributed by atoms with Gasteiger partial charge in [0.1, 0.15) is 34.8 Å². The van der Waals surface area contributed by atoms with Crippen LogP contribution >= 0.6 is 0 Å². The first kappa shape index (κ1) is 57.5. The molecule has 2 heterocycles. The molecule has 0 fully saturated rings. The molecular formula is C46H67N3O17S3. The standard InChI is InChI=1S/C46H67N3O17S3/c1-45(2,3)39-33-36(10-6-11-43-46(4,17-7-12-44(50)51)40-34-37(69(57,58)59)14-16-41(40)49(43)19-9-31-68(55,56)66-47)65-42-32-35(13-15-38(39)42)48(18-8-30-67(52,53)54)20-21-61-24-25-63-28-29-64-27-26-62-23-22-60-5/h6,10-11,13-16,32-34H,7-9,12,17-31H2,1-5,47H3,(H-2,50,51,52,53,54,57,58,59). The van der Waals surface area contributed by atoms with Gasteiger partial charge < -0.3 is 47.2 Å². The van der Waals surface area contributed by atoms with Crippen molar-refractivity contribution in [3.8, 4) is 11.3 Å². The second-order valence-corrected chi connectivity index (χ2v) is 22.2. The van der Waals surface area contributed by atoms with E-state index >= 15 is 0 Å². The van der Waals surface area contributed by atoms with Gasteiger partial charge in [-0.3, -0.25) is 4.79 Å². The molecule has 0 saturated heterocycles. The molecule has 386 valence electrons. The third-order valence-corrected chi connectivity index (χ3v) is 14.1. The van der Waals surface area contributed by atoms with Crippen molar-refractivity contribution in [3.05, 3.63) is 82.6 Å². The van der Waals surface area contributed by atoms with Crippen LogP contribution in [-0.4, -0.2) is 143 Å². The maximum absolute atomic E-state index is 12.2. The number of methoxy groups -OCH3 is 1. The number of carbonyl (C=O) groups is 1. The SMILES string of the molecule is COCCOCCOCCOCCOCC[N+](CCCS(=O)(=O)[O-])=c1ccc2c(C(C)(C)C)cc(C=CC=C3N(CCCS(=O)(=O)O[NH3+])c4ccc(S(=O)(=O)[O-])cc4C3(C)CCCC(=O)O)oc-2c1. The summed E-state index contributed by atoms with van der Waals surface area (Å²) in [7, 11) is -11.7. The lowest BCUT2D eigenvalue weighted by Crippen LogP contribution is -2.51. The minimum absolute atomic E-state index is 0.0791. The van der Waals surface area contributed by atoms with E-state index in [-0.39, 0.29) is 63.0 Å². The molecule has 23 heteroatoms. The van der Waals surface area contributed by atoms with Crippen LogP contribution in [0.25, 0.3) is 17.4 Å². The molecule has 1 unspecified atom stereocenters. The Morgan fingerprint density at radius 1 is 0.841 bits per heavy atom. The first-order chi connectivity index (χ1) is 32.5. The van der Waals surface area contributed by atoms with E-state index in [4.69, 9.17) is 28.1 Å². The van der Waals surface area contributed by atoms with E-state index in [1.54, 1.807) is 25.3 Å². The number of nitrogens with zero attached hydrogens (tertiary/aromatic N) is 2. The number of fused-ring (bicyclic) bond motifs is 2. The number of rotatable bonds is 31. The molecule has 0 radical (unpaired) electrons. The number of aliphatic carboxylic acids is 1. The van der Waals surface area contributed by atoms with Gasteiger partial charge in [-0.25, -0.2) is 21.4 Å². The Morgan fingerprint density at radius 3 is 2.06 bits per heavy atom. The zero-order chi connectivity index (χ0) is 50.9. The summed E-state index contributed by atoms with van der Waals surface area (Å²) >= 11 is 0. The van der Waals surface area contributed by atoms with Crippen molar-refractivity contribution in [1.29, 1.82) is 0 Å². The van der Waals surface area contributed by atoms with E-state index in [0.29, 0.717) is 93.2 Å². The Balaban J connectivity index is 1.68. The number of carboxylic acid groups (broad SMARTS) is 1. The minimum Gasteiger partial charge on any atom is -0.748 e. The van der Waals surface area contributed by atoms with Crippen molar-refractivity contribution >= 4 is 48.1 Å². The molecule has 0 saturated carbocycles. The summed E-state index contributed by atoms with van der Waals surface area (Å²) in [5, 5.41) is 10.2. The van der Waals surface area contributed by atoms with Crippen molar-refractivity contribution < 1.29 is 82.5 Å². The van der Waals surface area contributed by atoms with Gasteiger partial charge in [0.2, 0.25) is 5.36 Å². The number of anilines is 1. The highest BCUT2D eigenvalue weighted by Gasteiger charge is 2.43. The molecule has 69 heavy (non-hydrogen) atoms. The molecule has 2 aliphatic heterocycles. The molecule has 0 aromatic heterocycles. The van der Waals surface area contributed by atoms with Crippen LogP contribution < -0.4 is 20.7 Å². The largest absolute Gasteiger partial charge is 0.748 e. The Hall–Kier alpha value is -4.11. The van der Waals surface area contributed by atoms with Crippen LogP contribution in [0.3, 0.4) is 0 Å². The van der Waals surface area contributed by atoms with E-state index in [2.05, 4.69) is 31.0 Å². The summed E-state index contributed by atoms with van der Waals surface area (Å²) in [4.78, 5) is 13.0. The normalized spacial score (nSPS) is 16.8. The average Bonchev–Trinajstić information content (AvgIpc) is 3.49. The molecule has 0 amide bonds. The van der Waals surface area contributed by atoms with Crippen molar-refractivity contribution in [1.82, 2.24) is 4.58 Å². The van der Waals surface area contributed by atoms with E-state index in [1.165, 1.54) is 18.2 Å². The zero-order valence-electron chi connectivity index (χ0n) is 40.0. The van der Waals surface area contributed by atoms with Gasteiger partial charge in [-0.1, -0.05) is 31.1 Å². The third kappa shape index (κ3) is 18.2. The van der Waals surface area contributed by atoms with Gasteiger partial charge in [-0.15, -0.1) is 0 Å². The van der Waals surface area contributed by atoms with Crippen LogP contribution in [0.15, 0.2) is 69.6 Å². The number of quaternary nitrogens is 1. The molecular weight excluding hydrogens is 963 g/mol. The quantitative estimate of drug-likeness (QED) is 0.0405. The average molecular weight is 1030 g/mol. The maximum Gasteiger partial charge on any atom is 0.313 e. The number of benzene rings is 2. The van der Waals surface area contributed by atoms with Crippen LogP contribution in [0, 0.1) is 0 Å². The van der Waals surface area contributed by atoms with Crippen LogP contribution in [0.5, 0.6) is 0 Å². The molecule has 1 aliphatic carbocycles. The predicted octanol–water partition coefficient (Wildman–Crippen LogP) is 2.83. The van der Waals surface area contributed by atoms with Crippen molar-refractivity contribution in [2.24, 2.45) is 0 Å². The fourth-order valence-corrected chi connectivity index (χ4v) is 9.53. The summed E-state index contributed by atoms with van der Waals surface area (Å²) < 4.78 is 136. The van der Waals surface area contributed by atoms with E-state index in [0.717, 1.165) is 11.1 Å². The lowest BCUT2D eigenvalue weighted by atomic mass is 9.77. The Labute approximate surface area is 405 Å². The summed E-state index contributed by atoms with van der Waals surface area (Å²) in [6.45, 7) is 12.3. The van der Waals surface area contributed by atoms with Gasteiger partial charge in [0, 0.05) is 60.7 Å². The Morgan fingerprint density at radius 2 is 1.48 bits per heavy atom. The van der Waals surface area contributed by atoms with Crippen molar-refractivity contribution in [2.45, 2.75) is 75.5 Å². The lowest BCUT2D eigenvalue weighted by molar-refractivity contribution is -0.634. The van der Waals surface area contributed by atoms with Crippen LogP contribution in [0.4, 0.5) is 5.69 Å². The van der Waals surface area contributed by atoms with Crippen LogP contribution in [0.2, 0.25) is 0 Å². The summed E-state index contributed by atoms with van der Waals surface area (Å²) in [6.07, 6.45) is 5.66. The fraction of sp³-hybridized carbons (Fsp3) is 0.565. The highest BCUT2D eigenvalue weighted by Crippen LogP contribution is 2.51. The molecule has 20 nitrogen and oxygen atoms in total. The predicted molar refractivity (Wildman–Crippen MR) is 253 cm³/mol. The molecule has 1 aromatic rings. The van der Waals surface area contributed by atoms with E-state index in [9.17, 15) is 44.3 Å². The van der Waals surface area contributed by atoms with Crippen molar-refractivity contribution in [3.63, 3.8) is 0 Å².